The van der Waals surface area contributed by atoms with Gasteiger partial charge in [0.05, 0.1) is 11.5 Å². The van der Waals surface area contributed by atoms with Crippen molar-refractivity contribution in [3.05, 3.63) is 71.1 Å². The number of carbonyl (C=O) groups excluding carboxylic acids is 2. The van der Waals surface area contributed by atoms with Gasteiger partial charge in [-0.05, 0) is 36.6 Å². The predicted octanol–water partition coefficient (Wildman–Crippen LogP) is 4.47. The van der Waals surface area contributed by atoms with E-state index in [1.54, 1.807) is 9.80 Å². The molecule has 0 aliphatic carbocycles. The highest BCUT2D eigenvalue weighted by molar-refractivity contribution is 8.26. The van der Waals surface area contributed by atoms with Crippen molar-refractivity contribution in [2.45, 2.75) is 25.7 Å². The van der Waals surface area contributed by atoms with Crippen molar-refractivity contribution in [2.75, 3.05) is 24.6 Å². The molecule has 2 aromatic rings. The molecule has 1 heterocycles. The van der Waals surface area contributed by atoms with E-state index in [2.05, 4.69) is 0 Å². The van der Waals surface area contributed by atoms with Crippen molar-refractivity contribution in [3.63, 3.8) is 0 Å². The first-order valence-electron chi connectivity index (χ1n) is 10.4. The number of unbranched alkanes of at least 4 members (excludes halogenated alkanes) is 2. The number of hydrogen-bond acceptors (Lipinski definition) is 5. The lowest BCUT2D eigenvalue weighted by molar-refractivity contribution is -0.122. The maximum atomic E-state index is 12.7. The van der Waals surface area contributed by atoms with Gasteiger partial charge in [-0.15, -0.1) is 0 Å². The smallest absolute Gasteiger partial charge is 0.266 e. The second-order valence-corrected chi connectivity index (χ2v) is 8.83. The number of thiocarbonyl (C=S) groups is 1. The Labute approximate surface area is 192 Å². The first kappa shape index (κ1) is 23.2. The van der Waals surface area contributed by atoms with E-state index < -0.39 is 0 Å². The number of nitrogens with zero attached hydrogens (tertiary/aromatic N) is 2. The molecule has 0 bridgehead atoms. The maximum Gasteiger partial charge on any atom is 0.266 e. The lowest BCUT2D eigenvalue weighted by Crippen LogP contribution is -2.33. The number of aliphatic hydroxyl groups is 1. The van der Waals surface area contributed by atoms with Gasteiger partial charge in [0, 0.05) is 25.2 Å². The van der Waals surface area contributed by atoms with E-state index in [9.17, 15) is 14.7 Å². The molecule has 5 nitrogen and oxygen atoms in total. The van der Waals surface area contributed by atoms with Crippen LogP contribution in [0, 0.1) is 0 Å². The number of aliphatic hydroxyl groups excluding tert-OH is 1. The minimum atomic E-state index is -0.0777. The fourth-order valence-electron chi connectivity index (χ4n) is 3.36. The number of para-hydroxylation sites is 1. The van der Waals surface area contributed by atoms with Crippen molar-refractivity contribution < 1.29 is 14.7 Å². The van der Waals surface area contributed by atoms with Gasteiger partial charge < -0.3 is 10.0 Å². The van der Waals surface area contributed by atoms with E-state index in [0.717, 1.165) is 30.5 Å². The molecule has 0 atom stereocenters. The summed E-state index contributed by atoms with van der Waals surface area (Å²) in [6.45, 7) is 0.767. The molecule has 2 aromatic carbocycles. The number of amides is 2. The summed E-state index contributed by atoms with van der Waals surface area (Å²) >= 11 is 6.73. The number of carbonyl (C=O) groups is 2. The van der Waals surface area contributed by atoms with E-state index in [-0.39, 0.29) is 25.0 Å². The molecule has 31 heavy (non-hydrogen) atoms. The molecular formula is C24H26N2O3S2. The Morgan fingerprint density at radius 3 is 2.39 bits per heavy atom. The average Bonchev–Trinajstić information content (AvgIpc) is 3.05. The van der Waals surface area contributed by atoms with Crippen LogP contribution < -0.4 is 4.90 Å². The Hall–Kier alpha value is -2.48. The molecule has 0 unspecified atom stereocenters. The predicted molar refractivity (Wildman–Crippen MR) is 131 cm³/mol. The molecular weight excluding hydrogens is 428 g/mol. The quantitative estimate of drug-likeness (QED) is 0.326. The molecule has 0 radical (unpaired) electrons. The summed E-state index contributed by atoms with van der Waals surface area (Å²) in [5.74, 6) is -0.0511. The van der Waals surface area contributed by atoms with E-state index in [1.165, 1.54) is 11.8 Å². The molecule has 1 N–H and O–H groups in total. The molecule has 1 aliphatic heterocycles. The molecule has 1 saturated heterocycles. The number of hydrogen-bond donors (Lipinski definition) is 1. The van der Waals surface area contributed by atoms with Crippen LogP contribution in [0.25, 0.3) is 6.08 Å². The summed E-state index contributed by atoms with van der Waals surface area (Å²) in [7, 11) is 0. The monoisotopic (exact) mass is 454 g/mol. The molecule has 1 fully saturated rings. The molecule has 162 valence electrons. The van der Waals surface area contributed by atoms with E-state index in [4.69, 9.17) is 12.2 Å². The highest BCUT2D eigenvalue weighted by Gasteiger charge is 2.31. The molecule has 0 aromatic heterocycles. The van der Waals surface area contributed by atoms with Crippen LogP contribution in [0.15, 0.2) is 65.6 Å². The summed E-state index contributed by atoms with van der Waals surface area (Å²) in [5, 5.41) is 9.29. The second-order valence-electron chi connectivity index (χ2n) is 7.16. The molecule has 3 rings (SSSR count). The minimum absolute atomic E-state index is 0.00310. The highest BCUT2D eigenvalue weighted by Crippen LogP contribution is 2.32. The Bertz CT molecular complexity index is 932. The summed E-state index contributed by atoms with van der Waals surface area (Å²) in [6.07, 6.45) is 4.60. The van der Waals surface area contributed by atoms with Gasteiger partial charge in [-0.1, -0.05) is 78.9 Å². The summed E-state index contributed by atoms with van der Waals surface area (Å²) in [4.78, 5) is 29.2. The van der Waals surface area contributed by atoms with Crippen molar-refractivity contribution in [1.82, 2.24) is 4.90 Å². The summed E-state index contributed by atoms with van der Waals surface area (Å²) in [5.41, 5.74) is 1.77. The van der Waals surface area contributed by atoms with Crippen LogP contribution in [0.2, 0.25) is 0 Å². The van der Waals surface area contributed by atoms with Crippen molar-refractivity contribution in [3.8, 4) is 0 Å². The summed E-state index contributed by atoms with van der Waals surface area (Å²) < 4.78 is 0.585. The molecule has 0 saturated carbocycles. The van der Waals surface area contributed by atoms with Gasteiger partial charge in [0.1, 0.15) is 4.32 Å². The Morgan fingerprint density at radius 1 is 1.03 bits per heavy atom. The van der Waals surface area contributed by atoms with Crippen LogP contribution >= 0.6 is 24.0 Å². The third-order valence-corrected chi connectivity index (χ3v) is 6.31. The first-order chi connectivity index (χ1) is 15.1. The third-order valence-electron chi connectivity index (χ3n) is 4.94. The van der Waals surface area contributed by atoms with Crippen LogP contribution in [-0.4, -0.2) is 45.8 Å². The van der Waals surface area contributed by atoms with Gasteiger partial charge in [-0.2, -0.15) is 0 Å². The van der Waals surface area contributed by atoms with Gasteiger partial charge in [-0.25, -0.2) is 0 Å². The van der Waals surface area contributed by atoms with Crippen molar-refractivity contribution in [2.24, 2.45) is 0 Å². The SMILES string of the molecule is O=C1C(=Cc2ccccc2)SC(=S)N1CCCCCC(=O)N(CCO)c1ccccc1. The Balaban J connectivity index is 1.45. The molecule has 1 aliphatic rings. The zero-order valence-electron chi connectivity index (χ0n) is 17.3. The largest absolute Gasteiger partial charge is 0.395 e. The van der Waals surface area contributed by atoms with Gasteiger partial charge in [0.25, 0.3) is 5.91 Å². The van der Waals surface area contributed by atoms with Crippen molar-refractivity contribution >= 4 is 51.9 Å². The topological polar surface area (TPSA) is 60.9 Å². The molecule has 0 spiro atoms. The fourth-order valence-corrected chi connectivity index (χ4v) is 4.67. The fraction of sp³-hybridized carbons (Fsp3) is 0.292. The van der Waals surface area contributed by atoms with Crippen LogP contribution in [-0.2, 0) is 9.59 Å². The van der Waals surface area contributed by atoms with Crippen LogP contribution in [0.5, 0.6) is 0 Å². The van der Waals surface area contributed by atoms with Crippen molar-refractivity contribution in [1.29, 1.82) is 0 Å². The molecule has 2 amide bonds. The molecule has 7 heteroatoms. The van der Waals surface area contributed by atoms with E-state index >= 15 is 0 Å². The van der Waals surface area contributed by atoms with Crippen LogP contribution in [0.4, 0.5) is 5.69 Å². The highest BCUT2D eigenvalue weighted by atomic mass is 32.2. The zero-order chi connectivity index (χ0) is 22.1. The second kappa shape index (κ2) is 11.8. The number of anilines is 1. The normalized spacial score (nSPS) is 15.0. The Kier molecular flexibility index (Phi) is 8.82. The van der Waals surface area contributed by atoms with Gasteiger partial charge in [0.15, 0.2) is 0 Å². The van der Waals surface area contributed by atoms with Gasteiger partial charge in [-0.3, -0.25) is 14.5 Å². The zero-order valence-corrected chi connectivity index (χ0v) is 18.9. The summed E-state index contributed by atoms with van der Waals surface area (Å²) in [6, 6.07) is 19.1. The number of rotatable bonds is 10. The first-order valence-corrected chi connectivity index (χ1v) is 11.6. The van der Waals surface area contributed by atoms with Gasteiger partial charge in [0.2, 0.25) is 5.91 Å². The van der Waals surface area contributed by atoms with E-state index in [0.29, 0.717) is 22.2 Å². The van der Waals surface area contributed by atoms with Crippen LogP contribution in [0.1, 0.15) is 31.2 Å². The van der Waals surface area contributed by atoms with Crippen LogP contribution in [0.3, 0.4) is 0 Å². The van der Waals surface area contributed by atoms with Gasteiger partial charge >= 0.3 is 0 Å². The maximum absolute atomic E-state index is 12.7. The standard InChI is InChI=1S/C24H26N2O3S2/c27-17-16-25(20-12-6-2-7-13-20)22(28)14-8-3-9-15-26-23(29)21(31-24(26)30)18-19-10-4-1-5-11-19/h1-2,4-7,10-13,18,27H,3,8-9,14-17H2. The van der Waals surface area contributed by atoms with E-state index in [1.807, 2.05) is 66.7 Å². The number of thioether (sulfide) groups is 1. The average molecular weight is 455 g/mol. The lowest BCUT2D eigenvalue weighted by atomic mass is 10.1. The number of benzene rings is 2. The lowest BCUT2D eigenvalue weighted by Gasteiger charge is -2.22. The third kappa shape index (κ3) is 6.50. The Morgan fingerprint density at radius 2 is 1.71 bits per heavy atom. The minimum Gasteiger partial charge on any atom is -0.395 e.